The predicted octanol–water partition coefficient (Wildman–Crippen LogP) is 1.85. The smallest absolute Gasteiger partial charge is 0.244 e. The molecule has 1 fully saturated rings. The molecule has 0 spiro atoms. The number of nitrogens with one attached hydrogen (secondary N) is 1. The summed E-state index contributed by atoms with van der Waals surface area (Å²) in [6, 6.07) is 15.6. The van der Waals surface area contributed by atoms with Crippen LogP contribution < -0.4 is 4.90 Å². The van der Waals surface area contributed by atoms with E-state index < -0.39 is 10.0 Å². The van der Waals surface area contributed by atoms with Crippen molar-refractivity contribution in [3.8, 4) is 0 Å². The highest BCUT2D eigenvalue weighted by molar-refractivity contribution is 9.10. The Morgan fingerprint density at radius 1 is 1.04 bits per heavy atom. The molecular weight excluding hydrogens is 388 g/mol. The summed E-state index contributed by atoms with van der Waals surface area (Å²) in [6.07, 6.45) is 0. The molecular formula is C18H22BrN2O2S+. The molecule has 1 heterocycles. The predicted molar refractivity (Wildman–Crippen MR) is 98.5 cm³/mol. The zero-order chi connectivity index (χ0) is 17.2. The lowest BCUT2D eigenvalue weighted by Gasteiger charge is -2.31. The number of rotatable bonds is 4. The van der Waals surface area contributed by atoms with Gasteiger partial charge in [0.25, 0.3) is 0 Å². The Morgan fingerprint density at radius 3 is 2.29 bits per heavy atom. The third-order valence-electron chi connectivity index (χ3n) is 4.46. The Labute approximate surface area is 152 Å². The fourth-order valence-corrected chi connectivity index (χ4v) is 5.41. The van der Waals surface area contributed by atoms with E-state index in [1.54, 1.807) is 22.5 Å². The van der Waals surface area contributed by atoms with Gasteiger partial charge >= 0.3 is 0 Å². The summed E-state index contributed by atoms with van der Waals surface area (Å²) in [4.78, 5) is 1.78. The summed E-state index contributed by atoms with van der Waals surface area (Å²) in [6.45, 7) is 5.82. The maximum atomic E-state index is 12.8. The summed E-state index contributed by atoms with van der Waals surface area (Å²) in [5.74, 6) is 0. The number of benzene rings is 2. The zero-order valence-corrected chi connectivity index (χ0v) is 16.1. The number of hydrogen-bond acceptors (Lipinski definition) is 2. The van der Waals surface area contributed by atoms with E-state index in [0.29, 0.717) is 22.5 Å². The SMILES string of the molecule is Cc1ccc(C[NH+]2CCN(S(=O)(=O)c3ccccc3Br)CC2)cc1. The van der Waals surface area contributed by atoms with Gasteiger partial charge in [-0.1, -0.05) is 42.0 Å². The van der Waals surface area contributed by atoms with Crippen molar-refractivity contribution in [1.82, 2.24) is 4.31 Å². The van der Waals surface area contributed by atoms with Crippen LogP contribution in [0.2, 0.25) is 0 Å². The highest BCUT2D eigenvalue weighted by atomic mass is 79.9. The summed E-state index contributed by atoms with van der Waals surface area (Å²) in [5, 5.41) is 0. The number of piperazine rings is 1. The molecule has 1 aliphatic rings. The van der Waals surface area contributed by atoms with Gasteiger partial charge in [0, 0.05) is 10.0 Å². The topological polar surface area (TPSA) is 41.8 Å². The average molecular weight is 410 g/mol. The minimum Gasteiger partial charge on any atom is -0.329 e. The van der Waals surface area contributed by atoms with E-state index in [4.69, 9.17) is 0 Å². The Morgan fingerprint density at radius 2 is 1.67 bits per heavy atom. The van der Waals surface area contributed by atoms with Gasteiger partial charge in [0.2, 0.25) is 10.0 Å². The summed E-state index contributed by atoms with van der Waals surface area (Å²) in [5.41, 5.74) is 2.57. The number of sulfonamides is 1. The molecule has 2 aromatic rings. The molecule has 3 rings (SSSR count). The Kier molecular flexibility index (Phi) is 5.39. The van der Waals surface area contributed by atoms with E-state index in [1.807, 2.05) is 6.07 Å². The molecule has 1 saturated heterocycles. The molecule has 6 heteroatoms. The second kappa shape index (κ2) is 7.35. The molecule has 4 nitrogen and oxygen atoms in total. The van der Waals surface area contributed by atoms with Gasteiger partial charge in [-0.3, -0.25) is 0 Å². The molecule has 0 amide bonds. The van der Waals surface area contributed by atoms with Gasteiger partial charge in [-0.25, -0.2) is 8.42 Å². The Hall–Kier alpha value is -1.21. The molecule has 0 bridgehead atoms. The third-order valence-corrected chi connectivity index (χ3v) is 7.37. The molecule has 1 N–H and O–H groups in total. The van der Waals surface area contributed by atoms with Crippen LogP contribution in [0.1, 0.15) is 11.1 Å². The summed E-state index contributed by atoms with van der Waals surface area (Å²) >= 11 is 3.35. The third kappa shape index (κ3) is 3.88. The minimum atomic E-state index is -3.42. The number of aryl methyl sites for hydroxylation is 1. The van der Waals surface area contributed by atoms with Crippen LogP contribution >= 0.6 is 15.9 Å². The molecule has 0 aromatic heterocycles. The first-order chi connectivity index (χ1) is 11.5. The van der Waals surface area contributed by atoms with E-state index >= 15 is 0 Å². The molecule has 2 aromatic carbocycles. The van der Waals surface area contributed by atoms with Gasteiger partial charge in [-0.05, 0) is 35.0 Å². The lowest BCUT2D eigenvalue weighted by molar-refractivity contribution is -0.917. The average Bonchev–Trinajstić information content (AvgIpc) is 2.58. The van der Waals surface area contributed by atoms with Crippen LogP contribution in [0.25, 0.3) is 0 Å². The maximum Gasteiger partial charge on any atom is 0.244 e. The molecule has 0 saturated carbocycles. The lowest BCUT2D eigenvalue weighted by atomic mass is 10.1. The number of nitrogens with zero attached hydrogens (tertiary/aromatic N) is 1. The van der Waals surface area contributed by atoms with Crippen LogP contribution in [0, 0.1) is 6.92 Å². The van der Waals surface area contributed by atoms with Crippen molar-refractivity contribution in [3.05, 3.63) is 64.1 Å². The molecule has 0 unspecified atom stereocenters. The van der Waals surface area contributed by atoms with Gasteiger partial charge in [0.05, 0.1) is 31.1 Å². The highest BCUT2D eigenvalue weighted by Gasteiger charge is 2.31. The Bertz CT molecular complexity index is 798. The van der Waals surface area contributed by atoms with Crippen molar-refractivity contribution in [1.29, 1.82) is 0 Å². The van der Waals surface area contributed by atoms with Crippen molar-refractivity contribution in [2.24, 2.45) is 0 Å². The van der Waals surface area contributed by atoms with Crippen molar-refractivity contribution >= 4 is 26.0 Å². The van der Waals surface area contributed by atoms with Crippen LogP contribution in [0.4, 0.5) is 0 Å². The van der Waals surface area contributed by atoms with Crippen LogP contribution in [0.3, 0.4) is 0 Å². The second-order valence-electron chi connectivity index (χ2n) is 6.25. The maximum absolute atomic E-state index is 12.8. The normalized spacial score (nSPS) is 17.1. The molecule has 1 aliphatic heterocycles. The van der Waals surface area contributed by atoms with E-state index in [9.17, 15) is 8.42 Å². The fourth-order valence-electron chi connectivity index (χ4n) is 3.01. The largest absolute Gasteiger partial charge is 0.329 e. The zero-order valence-electron chi connectivity index (χ0n) is 13.7. The van der Waals surface area contributed by atoms with Gasteiger partial charge in [-0.15, -0.1) is 0 Å². The fraction of sp³-hybridized carbons (Fsp3) is 0.333. The first kappa shape index (κ1) is 17.6. The van der Waals surface area contributed by atoms with E-state index in [1.165, 1.54) is 16.0 Å². The van der Waals surface area contributed by atoms with Gasteiger partial charge in [0.1, 0.15) is 6.54 Å². The van der Waals surface area contributed by atoms with E-state index in [2.05, 4.69) is 47.1 Å². The van der Waals surface area contributed by atoms with Crippen LogP contribution in [-0.2, 0) is 16.6 Å². The number of quaternary nitrogens is 1. The molecule has 24 heavy (non-hydrogen) atoms. The van der Waals surface area contributed by atoms with E-state index in [0.717, 1.165) is 19.6 Å². The first-order valence-electron chi connectivity index (χ1n) is 8.10. The standard InChI is InChI=1S/C18H21BrN2O2S/c1-15-6-8-16(9-7-15)14-20-10-12-21(13-11-20)24(22,23)18-5-3-2-4-17(18)19/h2-9H,10-14H2,1H3/p+1. The van der Waals surface area contributed by atoms with Crippen LogP contribution in [0.15, 0.2) is 57.9 Å². The quantitative estimate of drug-likeness (QED) is 0.836. The number of halogens is 1. The summed E-state index contributed by atoms with van der Waals surface area (Å²) < 4.78 is 27.8. The molecule has 0 aliphatic carbocycles. The van der Waals surface area contributed by atoms with Crippen molar-refractivity contribution < 1.29 is 13.3 Å². The van der Waals surface area contributed by atoms with Crippen molar-refractivity contribution in [3.63, 3.8) is 0 Å². The lowest BCUT2D eigenvalue weighted by Crippen LogP contribution is -3.13. The van der Waals surface area contributed by atoms with Gasteiger partial charge in [-0.2, -0.15) is 4.31 Å². The van der Waals surface area contributed by atoms with Gasteiger partial charge < -0.3 is 4.90 Å². The minimum absolute atomic E-state index is 0.354. The van der Waals surface area contributed by atoms with Crippen molar-refractivity contribution in [2.45, 2.75) is 18.4 Å². The molecule has 128 valence electrons. The van der Waals surface area contributed by atoms with Crippen LogP contribution in [-0.4, -0.2) is 38.9 Å². The highest BCUT2D eigenvalue weighted by Crippen LogP contribution is 2.24. The summed E-state index contributed by atoms with van der Waals surface area (Å²) in [7, 11) is -3.42. The van der Waals surface area contributed by atoms with Crippen molar-refractivity contribution in [2.75, 3.05) is 26.2 Å². The number of hydrogen-bond donors (Lipinski definition) is 1. The van der Waals surface area contributed by atoms with Gasteiger partial charge in [0.15, 0.2) is 0 Å². The monoisotopic (exact) mass is 409 g/mol. The Balaban J connectivity index is 1.64. The van der Waals surface area contributed by atoms with E-state index in [-0.39, 0.29) is 0 Å². The first-order valence-corrected chi connectivity index (χ1v) is 10.3. The second-order valence-corrected chi connectivity index (χ2v) is 9.01. The van der Waals surface area contributed by atoms with Crippen LogP contribution in [0.5, 0.6) is 0 Å². The molecule has 0 atom stereocenters. The molecule has 0 radical (unpaired) electrons.